The molecule has 3 aromatic carbocycles. The first kappa shape index (κ1) is 22.0. The van der Waals surface area contributed by atoms with Crippen molar-refractivity contribution in [1.82, 2.24) is 0 Å². The average molecular weight is 439 g/mol. The third kappa shape index (κ3) is 5.93. The summed E-state index contributed by atoms with van der Waals surface area (Å²) < 4.78 is 32.3. The fraction of sp³-hybridized carbons (Fsp3) is 0.130. The van der Waals surface area contributed by atoms with Crippen LogP contribution in [0.4, 0.5) is 11.4 Å². The molecule has 0 atom stereocenters. The molecule has 0 radical (unpaired) electrons. The molecule has 0 bridgehead atoms. The van der Waals surface area contributed by atoms with Crippen molar-refractivity contribution in [2.45, 2.75) is 18.2 Å². The standard InChI is InChI=1S/C23H22N2O5S/c1-2-16-30-23(27)18-10-12-19(13-11-18)24-22(26)17-8-14-20(15-9-17)25-31(28,29)21-6-4-3-5-7-21/h3-15,25H,2,16H2,1H3,(H,24,26). The van der Waals surface area contributed by atoms with Crippen LogP contribution in [0.5, 0.6) is 0 Å². The first-order valence-corrected chi connectivity index (χ1v) is 11.1. The molecule has 0 aliphatic heterocycles. The largest absolute Gasteiger partial charge is 0.462 e. The molecule has 1 amide bonds. The van der Waals surface area contributed by atoms with E-state index in [1.165, 1.54) is 36.4 Å². The second kappa shape index (κ2) is 9.90. The van der Waals surface area contributed by atoms with Crippen LogP contribution in [0.2, 0.25) is 0 Å². The van der Waals surface area contributed by atoms with Gasteiger partial charge in [-0.15, -0.1) is 0 Å². The monoisotopic (exact) mass is 438 g/mol. The van der Waals surface area contributed by atoms with E-state index in [4.69, 9.17) is 4.74 Å². The van der Waals surface area contributed by atoms with E-state index < -0.39 is 16.0 Å². The normalized spacial score (nSPS) is 10.9. The number of esters is 1. The van der Waals surface area contributed by atoms with Crippen LogP contribution >= 0.6 is 0 Å². The molecule has 0 aromatic heterocycles. The molecule has 3 aromatic rings. The highest BCUT2D eigenvalue weighted by Crippen LogP contribution is 2.18. The highest BCUT2D eigenvalue weighted by Gasteiger charge is 2.14. The van der Waals surface area contributed by atoms with Crippen LogP contribution in [0, 0.1) is 0 Å². The van der Waals surface area contributed by atoms with E-state index in [-0.39, 0.29) is 10.8 Å². The van der Waals surface area contributed by atoms with Crippen LogP contribution < -0.4 is 10.0 Å². The molecule has 0 saturated heterocycles. The molecule has 0 fully saturated rings. The Morgan fingerprint density at radius 3 is 2.00 bits per heavy atom. The van der Waals surface area contributed by atoms with Crippen molar-refractivity contribution < 1.29 is 22.7 Å². The lowest BCUT2D eigenvalue weighted by molar-refractivity contribution is 0.0505. The van der Waals surface area contributed by atoms with Crippen molar-refractivity contribution in [3.8, 4) is 0 Å². The third-order valence-corrected chi connectivity index (χ3v) is 5.67. The van der Waals surface area contributed by atoms with Crippen molar-refractivity contribution in [3.05, 3.63) is 90.0 Å². The number of rotatable bonds is 8. The number of carbonyl (C=O) groups excluding carboxylic acids is 2. The van der Waals surface area contributed by atoms with Gasteiger partial charge in [0.05, 0.1) is 17.1 Å². The Balaban J connectivity index is 1.62. The molecule has 0 saturated carbocycles. The van der Waals surface area contributed by atoms with Gasteiger partial charge in [-0.25, -0.2) is 13.2 Å². The van der Waals surface area contributed by atoms with Gasteiger partial charge in [0.2, 0.25) is 0 Å². The molecular formula is C23H22N2O5S. The smallest absolute Gasteiger partial charge is 0.338 e. The Morgan fingerprint density at radius 1 is 0.806 bits per heavy atom. The van der Waals surface area contributed by atoms with Crippen molar-refractivity contribution in [1.29, 1.82) is 0 Å². The maximum absolute atomic E-state index is 12.5. The molecule has 0 spiro atoms. The predicted octanol–water partition coefficient (Wildman–Crippen LogP) is 4.31. The molecule has 160 valence electrons. The molecular weight excluding hydrogens is 416 g/mol. The van der Waals surface area contributed by atoms with Crippen molar-refractivity contribution in [2.75, 3.05) is 16.6 Å². The van der Waals surface area contributed by atoms with Gasteiger partial charge in [-0.05, 0) is 67.1 Å². The first-order chi connectivity index (χ1) is 14.9. The summed E-state index contributed by atoms with van der Waals surface area (Å²) >= 11 is 0. The predicted molar refractivity (Wildman–Crippen MR) is 119 cm³/mol. The number of carbonyl (C=O) groups is 2. The van der Waals surface area contributed by atoms with Gasteiger partial charge in [-0.2, -0.15) is 0 Å². The maximum atomic E-state index is 12.5. The van der Waals surface area contributed by atoms with E-state index in [0.717, 1.165) is 6.42 Å². The molecule has 2 N–H and O–H groups in total. The van der Waals surface area contributed by atoms with Gasteiger partial charge in [0.1, 0.15) is 0 Å². The number of amides is 1. The van der Waals surface area contributed by atoms with Crippen molar-refractivity contribution >= 4 is 33.3 Å². The van der Waals surface area contributed by atoms with Crippen LogP contribution in [0.25, 0.3) is 0 Å². The lowest BCUT2D eigenvalue weighted by Gasteiger charge is -2.09. The fourth-order valence-electron chi connectivity index (χ4n) is 2.67. The van der Waals surface area contributed by atoms with E-state index in [1.807, 2.05) is 6.92 Å². The molecule has 0 unspecified atom stereocenters. The molecule has 0 heterocycles. The quantitative estimate of drug-likeness (QED) is 0.511. The molecule has 31 heavy (non-hydrogen) atoms. The van der Waals surface area contributed by atoms with Crippen LogP contribution in [0.15, 0.2) is 83.8 Å². The van der Waals surface area contributed by atoms with Crippen LogP contribution in [0.3, 0.4) is 0 Å². The van der Waals surface area contributed by atoms with Crippen LogP contribution in [0.1, 0.15) is 34.1 Å². The third-order valence-electron chi connectivity index (χ3n) is 4.27. The summed E-state index contributed by atoms with van der Waals surface area (Å²) in [6, 6.07) is 20.5. The SMILES string of the molecule is CCCOC(=O)c1ccc(NC(=O)c2ccc(NS(=O)(=O)c3ccccc3)cc2)cc1. The van der Waals surface area contributed by atoms with Gasteiger partial charge in [0.15, 0.2) is 0 Å². The first-order valence-electron chi connectivity index (χ1n) is 9.65. The minimum atomic E-state index is -3.70. The Hall–Kier alpha value is -3.65. The summed E-state index contributed by atoms with van der Waals surface area (Å²) in [7, 11) is -3.70. The van der Waals surface area contributed by atoms with Crippen molar-refractivity contribution in [3.63, 3.8) is 0 Å². The zero-order valence-corrected chi connectivity index (χ0v) is 17.7. The second-order valence-electron chi connectivity index (χ2n) is 6.66. The number of anilines is 2. The number of sulfonamides is 1. The zero-order valence-electron chi connectivity index (χ0n) is 16.9. The molecule has 0 aliphatic carbocycles. The molecule has 0 aliphatic rings. The van der Waals surface area contributed by atoms with E-state index in [0.29, 0.717) is 29.1 Å². The summed E-state index contributed by atoms with van der Waals surface area (Å²) in [5.41, 5.74) is 1.62. The van der Waals surface area contributed by atoms with Gasteiger partial charge in [0, 0.05) is 16.9 Å². The van der Waals surface area contributed by atoms with Gasteiger partial charge < -0.3 is 10.1 Å². The zero-order chi connectivity index (χ0) is 22.3. The van der Waals surface area contributed by atoms with Gasteiger partial charge in [0.25, 0.3) is 15.9 Å². The van der Waals surface area contributed by atoms with Gasteiger partial charge in [-0.1, -0.05) is 25.1 Å². The Morgan fingerprint density at radius 2 is 1.39 bits per heavy atom. The minimum Gasteiger partial charge on any atom is -0.462 e. The number of nitrogens with one attached hydrogen (secondary N) is 2. The van der Waals surface area contributed by atoms with Gasteiger partial charge >= 0.3 is 5.97 Å². The topological polar surface area (TPSA) is 102 Å². The lowest BCUT2D eigenvalue weighted by atomic mass is 10.1. The minimum absolute atomic E-state index is 0.152. The average Bonchev–Trinajstić information content (AvgIpc) is 2.78. The summed E-state index contributed by atoms with van der Waals surface area (Å²) in [5.74, 6) is -0.771. The highest BCUT2D eigenvalue weighted by molar-refractivity contribution is 7.92. The van der Waals surface area contributed by atoms with Crippen LogP contribution in [-0.2, 0) is 14.8 Å². The number of ether oxygens (including phenoxy) is 1. The summed E-state index contributed by atoms with van der Waals surface area (Å²) in [4.78, 5) is 24.4. The second-order valence-corrected chi connectivity index (χ2v) is 8.35. The number of hydrogen-bond donors (Lipinski definition) is 2. The van der Waals surface area contributed by atoms with Crippen LogP contribution in [-0.4, -0.2) is 26.9 Å². The maximum Gasteiger partial charge on any atom is 0.338 e. The highest BCUT2D eigenvalue weighted by atomic mass is 32.2. The van der Waals surface area contributed by atoms with E-state index in [2.05, 4.69) is 10.0 Å². The lowest BCUT2D eigenvalue weighted by Crippen LogP contribution is -2.14. The summed E-state index contributed by atoms with van der Waals surface area (Å²) in [6.07, 6.45) is 0.742. The Bertz CT molecular complexity index is 1140. The van der Waals surface area contributed by atoms with E-state index >= 15 is 0 Å². The Kier molecular flexibility index (Phi) is 7.04. The van der Waals surface area contributed by atoms with Crippen molar-refractivity contribution in [2.24, 2.45) is 0 Å². The Labute approximate surface area is 181 Å². The number of hydrogen-bond acceptors (Lipinski definition) is 5. The van der Waals surface area contributed by atoms with E-state index in [9.17, 15) is 18.0 Å². The van der Waals surface area contributed by atoms with E-state index in [1.54, 1.807) is 42.5 Å². The molecule has 3 rings (SSSR count). The molecule has 7 nitrogen and oxygen atoms in total. The summed E-state index contributed by atoms with van der Waals surface area (Å²) in [5, 5.41) is 2.73. The number of benzene rings is 3. The fourth-order valence-corrected chi connectivity index (χ4v) is 3.75. The van der Waals surface area contributed by atoms with Gasteiger partial charge in [-0.3, -0.25) is 9.52 Å². The summed E-state index contributed by atoms with van der Waals surface area (Å²) in [6.45, 7) is 2.27. The molecule has 8 heteroatoms.